The number of benzene rings is 1. The van der Waals surface area contributed by atoms with E-state index in [1.807, 2.05) is 0 Å². The highest BCUT2D eigenvalue weighted by molar-refractivity contribution is 6.31. The Morgan fingerprint density at radius 2 is 1.96 bits per heavy atom. The summed E-state index contributed by atoms with van der Waals surface area (Å²) in [6, 6.07) is 6.52. The summed E-state index contributed by atoms with van der Waals surface area (Å²) in [6.07, 6.45) is -0.438. The summed E-state index contributed by atoms with van der Waals surface area (Å²) in [5.74, 6) is -0.145. The van der Waals surface area contributed by atoms with Crippen LogP contribution >= 0.6 is 11.6 Å². The van der Waals surface area contributed by atoms with Crippen LogP contribution in [-0.4, -0.2) is 41.3 Å². The zero-order valence-electron chi connectivity index (χ0n) is 14.1. The summed E-state index contributed by atoms with van der Waals surface area (Å²) < 4.78 is 46.3. The lowest BCUT2D eigenvalue weighted by Gasteiger charge is -2.33. The summed E-state index contributed by atoms with van der Waals surface area (Å²) in [6.45, 7) is 0.905. The van der Waals surface area contributed by atoms with Crippen molar-refractivity contribution in [1.29, 1.82) is 0 Å². The molecule has 2 heterocycles. The minimum atomic E-state index is -4.77. The van der Waals surface area contributed by atoms with Gasteiger partial charge in [0.05, 0.1) is 6.54 Å². The number of rotatable bonds is 4. The Morgan fingerprint density at radius 1 is 1.22 bits per heavy atom. The van der Waals surface area contributed by atoms with Gasteiger partial charge in [-0.15, -0.1) is 13.2 Å². The largest absolute Gasteiger partial charge is 0.573 e. The number of nitrogens with zero attached hydrogens (tertiary/aromatic N) is 2. The Labute approximate surface area is 158 Å². The zero-order valence-corrected chi connectivity index (χ0v) is 14.8. The van der Waals surface area contributed by atoms with Gasteiger partial charge in [-0.25, -0.2) is 0 Å². The van der Waals surface area contributed by atoms with Crippen molar-refractivity contribution < 1.29 is 27.4 Å². The number of hydrogen-bond acceptors (Lipinski definition) is 4. The molecule has 0 saturated carbocycles. The molecule has 2 aromatic rings. The van der Waals surface area contributed by atoms with E-state index in [1.165, 1.54) is 18.3 Å². The maximum absolute atomic E-state index is 12.6. The Balaban J connectivity index is 1.63. The number of piperidine rings is 1. The van der Waals surface area contributed by atoms with Gasteiger partial charge < -0.3 is 14.4 Å². The van der Waals surface area contributed by atoms with Gasteiger partial charge in [0.25, 0.3) is 5.91 Å². The molecular formula is C18H16ClF3N2O3. The quantitative estimate of drug-likeness (QED) is 0.767. The minimum absolute atomic E-state index is 0.226. The van der Waals surface area contributed by atoms with Crippen molar-refractivity contribution in [2.75, 3.05) is 13.1 Å². The average molecular weight is 401 g/mol. The first-order valence-corrected chi connectivity index (χ1v) is 8.61. The molecule has 3 rings (SSSR count). The highest BCUT2D eigenvalue weighted by Gasteiger charge is 2.31. The van der Waals surface area contributed by atoms with Gasteiger partial charge in [0, 0.05) is 30.6 Å². The number of halogens is 4. The molecule has 144 valence electrons. The molecule has 9 heteroatoms. The van der Waals surface area contributed by atoms with Crippen LogP contribution in [0.3, 0.4) is 0 Å². The number of amides is 1. The van der Waals surface area contributed by atoms with Crippen LogP contribution < -0.4 is 9.47 Å². The molecule has 0 radical (unpaired) electrons. The molecule has 0 spiro atoms. The third kappa shape index (κ3) is 5.26. The Kier molecular flexibility index (Phi) is 5.74. The molecule has 1 unspecified atom stereocenters. The number of aromatic nitrogens is 1. The van der Waals surface area contributed by atoms with Crippen molar-refractivity contribution in [2.45, 2.75) is 25.3 Å². The number of pyridine rings is 1. The molecule has 1 aliphatic rings. The van der Waals surface area contributed by atoms with Crippen LogP contribution in [0.15, 0.2) is 42.7 Å². The van der Waals surface area contributed by atoms with E-state index in [4.69, 9.17) is 16.3 Å². The van der Waals surface area contributed by atoms with Gasteiger partial charge in [-0.2, -0.15) is 0 Å². The normalized spacial score (nSPS) is 17.5. The first-order valence-electron chi connectivity index (χ1n) is 8.23. The Morgan fingerprint density at radius 3 is 2.63 bits per heavy atom. The molecule has 0 bridgehead atoms. The number of hydrogen-bond donors (Lipinski definition) is 0. The summed E-state index contributed by atoms with van der Waals surface area (Å²) in [7, 11) is 0. The Bertz CT molecular complexity index is 799. The maximum Gasteiger partial charge on any atom is 0.573 e. The van der Waals surface area contributed by atoms with Gasteiger partial charge >= 0.3 is 6.36 Å². The van der Waals surface area contributed by atoms with Gasteiger partial charge in [0.1, 0.15) is 22.6 Å². The van der Waals surface area contributed by atoms with Crippen LogP contribution in [0.1, 0.15) is 23.2 Å². The fourth-order valence-electron chi connectivity index (χ4n) is 2.84. The SMILES string of the molecule is O=C(c1ccc(OC(F)(F)F)cc1)N1CCCC(Oc2ccncc2Cl)C1. The van der Waals surface area contributed by atoms with Crippen molar-refractivity contribution in [3.05, 3.63) is 53.3 Å². The molecular weight excluding hydrogens is 385 g/mol. The van der Waals surface area contributed by atoms with Crippen LogP contribution in [0.4, 0.5) is 13.2 Å². The minimum Gasteiger partial charge on any atom is -0.487 e. The van der Waals surface area contributed by atoms with E-state index in [-0.39, 0.29) is 23.3 Å². The molecule has 1 amide bonds. The molecule has 1 saturated heterocycles. The second-order valence-corrected chi connectivity index (χ2v) is 6.42. The fourth-order valence-corrected chi connectivity index (χ4v) is 3.00. The number of alkyl halides is 3. The van der Waals surface area contributed by atoms with Crippen LogP contribution in [0.5, 0.6) is 11.5 Å². The number of carbonyl (C=O) groups excluding carboxylic acids is 1. The van der Waals surface area contributed by atoms with Gasteiger partial charge in [-0.3, -0.25) is 9.78 Å². The van der Waals surface area contributed by atoms with E-state index < -0.39 is 6.36 Å². The summed E-state index contributed by atoms with van der Waals surface area (Å²) in [5, 5.41) is 0.390. The van der Waals surface area contributed by atoms with E-state index in [1.54, 1.807) is 17.2 Å². The molecule has 1 aliphatic heterocycles. The van der Waals surface area contributed by atoms with Crippen molar-refractivity contribution in [3.8, 4) is 11.5 Å². The van der Waals surface area contributed by atoms with Crippen LogP contribution in [0.2, 0.25) is 5.02 Å². The van der Waals surface area contributed by atoms with Crippen molar-refractivity contribution in [3.63, 3.8) is 0 Å². The van der Waals surface area contributed by atoms with Crippen LogP contribution in [0, 0.1) is 0 Å². The number of carbonyl (C=O) groups is 1. The molecule has 1 atom stereocenters. The van der Waals surface area contributed by atoms with E-state index in [0.29, 0.717) is 23.9 Å². The summed E-state index contributed by atoms with van der Waals surface area (Å²) in [4.78, 5) is 18.1. The van der Waals surface area contributed by atoms with Crippen molar-refractivity contribution >= 4 is 17.5 Å². The maximum atomic E-state index is 12.6. The van der Waals surface area contributed by atoms with Gasteiger partial charge in [-0.05, 0) is 37.1 Å². The highest BCUT2D eigenvalue weighted by Crippen LogP contribution is 2.27. The molecule has 1 aromatic carbocycles. The van der Waals surface area contributed by atoms with Crippen molar-refractivity contribution in [2.24, 2.45) is 0 Å². The van der Waals surface area contributed by atoms with Crippen LogP contribution in [0.25, 0.3) is 0 Å². The highest BCUT2D eigenvalue weighted by atomic mass is 35.5. The van der Waals surface area contributed by atoms with Crippen molar-refractivity contribution in [1.82, 2.24) is 9.88 Å². The topological polar surface area (TPSA) is 51.7 Å². The lowest BCUT2D eigenvalue weighted by Crippen LogP contribution is -2.44. The molecule has 0 N–H and O–H groups in total. The number of likely N-dealkylation sites (tertiary alicyclic amines) is 1. The van der Waals surface area contributed by atoms with Gasteiger partial charge in [0.15, 0.2) is 0 Å². The summed E-state index contributed by atoms with van der Waals surface area (Å²) in [5.41, 5.74) is 0.284. The van der Waals surface area contributed by atoms with Gasteiger partial charge in [0.2, 0.25) is 0 Å². The second kappa shape index (κ2) is 8.04. The van der Waals surface area contributed by atoms with Crippen LogP contribution in [-0.2, 0) is 0 Å². The second-order valence-electron chi connectivity index (χ2n) is 6.01. The average Bonchev–Trinajstić information content (AvgIpc) is 2.63. The first kappa shape index (κ1) is 19.3. The molecule has 5 nitrogen and oxygen atoms in total. The third-order valence-electron chi connectivity index (χ3n) is 4.03. The predicted molar refractivity (Wildman–Crippen MR) is 91.9 cm³/mol. The van der Waals surface area contributed by atoms with E-state index in [9.17, 15) is 18.0 Å². The van der Waals surface area contributed by atoms with E-state index in [2.05, 4.69) is 9.72 Å². The fraction of sp³-hybridized carbons (Fsp3) is 0.333. The first-order chi connectivity index (χ1) is 12.8. The zero-order chi connectivity index (χ0) is 19.4. The molecule has 0 aliphatic carbocycles. The summed E-state index contributed by atoms with van der Waals surface area (Å²) >= 11 is 6.04. The number of ether oxygens (including phenoxy) is 2. The predicted octanol–water partition coefficient (Wildman–Crippen LogP) is 4.32. The lowest BCUT2D eigenvalue weighted by atomic mass is 10.1. The monoisotopic (exact) mass is 400 g/mol. The molecule has 27 heavy (non-hydrogen) atoms. The lowest BCUT2D eigenvalue weighted by molar-refractivity contribution is -0.274. The smallest absolute Gasteiger partial charge is 0.487 e. The molecule has 1 fully saturated rings. The third-order valence-corrected chi connectivity index (χ3v) is 4.31. The Hall–Kier alpha value is -2.48. The molecule has 1 aromatic heterocycles. The van der Waals surface area contributed by atoms with E-state index >= 15 is 0 Å². The van der Waals surface area contributed by atoms with Gasteiger partial charge in [-0.1, -0.05) is 11.6 Å². The standard InChI is InChI=1S/C18H16ClF3N2O3/c19-15-10-23-8-7-16(15)26-14-2-1-9-24(11-14)17(25)12-3-5-13(6-4-12)27-18(20,21)22/h3-8,10,14H,1-2,9,11H2. The van der Waals surface area contributed by atoms with E-state index in [0.717, 1.165) is 25.0 Å².